The lowest BCUT2D eigenvalue weighted by Crippen LogP contribution is -2.34. The maximum atomic E-state index is 6.03. The van der Waals surface area contributed by atoms with Gasteiger partial charge in [0.25, 0.3) is 0 Å². The predicted molar refractivity (Wildman–Crippen MR) is 79.0 cm³/mol. The fourth-order valence-electron chi connectivity index (χ4n) is 3.10. The zero-order valence-electron chi connectivity index (χ0n) is 11.5. The zero-order chi connectivity index (χ0) is 13.8. The van der Waals surface area contributed by atoms with Crippen LogP contribution in [0.1, 0.15) is 36.2 Å². The second-order valence-corrected chi connectivity index (χ2v) is 5.18. The van der Waals surface area contributed by atoms with E-state index in [9.17, 15) is 0 Å². The molecule has 3 rings (SSSR count). The molecule has 0 amide bonds. The first-order chi connectivity index (χ1) is 9.90. The number of rotatable bonds is 4. The minimum absolute atomic E-state index is 0.192. The van der Waals surface area contributed by atoms with Gasteiger partial charge in [-0.15, -0.1) is 0 Å². The Morgan fingerprint density at radius 2 is 2.05 bits per heavy atom. The van der Waals surface area contributed by atoms with Gasteiger partial charge in [-0.25, -0.2) is 0 Å². The summed E-state index contributed by atoms with van der Waals surface area (Å²) < 4.78 is 0. The lowest BCUT2D eigenvalue weighted by molar-refractivity contribution is 0.182. The smallest absolute Gasteiger partial charge is 0.0649 e. The number of likely N-dealkylation sites (tertiary alicyclic amines) is 1. The maximum absolute atomic E-state index is 6.03. The summed E-state index contributed by atoms with van der Waals surface area (Å²) in [6.45, 7) is 1.67. The molecule has 2 atom stereocenters. The molecule has 2 N–H and O–H groups in total. The summed E-state index contributed by atoms with van der Waals surface area (Å²) in [5, 5.41) is 0. The van der Waals surface area contributed by atoms with Gasteiger partial charge in [-0.05, 0) is 49.2 Å². The Morgan fingerprint density at radius 3 is 2.75 bits per heavy atom. The Bertz CT molecular complexity index is 529. The van der Waals surface area contributed by atoms with Gasteiger partial charge in [0.1, 0.15) is 0 Å². The first-order valence-electron chi connectivity index (χ1n) is 7.17. The highest BCUT2D eigenvalue weighted by Gasteiger charge is 2.32. The average molecular weight is 268 g/mol. The molecule has 0 bridgehead atoms. The molecule has 1 fully saturated rings. The molecule has 3 heterocycles. The molecule has 4 heteroatoms. The van der Waals surface area contributed by atoms with Crippen LogP contribution in [0.15, 0.2) is 48.9 Å². The van der Waals surface area contributed by atoms with E-state index in [1.54, 1.807) is 0 Å². The molecule has 0 radical (unpaired) electrons. The van der Waals surface area contributed by atoms with Crippen molar-refractivity contribution in [3.8, 4) is 0 Å². The topological polar surface area (TPSA) is 55.0 Å². The SMILES string of the molecule is NCC(c1ccccn1)N1CCCC1c1ccncc1. The second kappa shape index (κ2) is 6.11. The number of aromatic nitrogens is 2. The van der Waals surface area contributed by atoms with Gasteiger partial charge in [-0.2, -0.15) is 0 Å². The average Bonchev–Trinajstić information content (AvgIpc) is 2.99. The van der Waals surface area contributed by atoms with E-state index >= 15 is 0 Å². The summed E-state index contributed by atoms with van der Waals surface area (Å²) in [5.74, 6) is 0. The minimum Gasteiger partial charge on any atom is -0.329 e. The van der Waals surface area contributed by atoms with Crippen LogP contribution in [0.4, 0.5) is 0 Å². The second-order valence-electron chi connectivity index (χ2n) is 5.18. The van der Waals surface area contributed by atoms with Crippen molar-refractivity contribution >= 4 is 0 Å². The Morgan fingerprint density at radius 1 is 1.20 bits per heavy atom. The third-order valence-corrected chi connectivity index (χ3v) is 4.04. The lowest BCUT2D eigenvalue weighted by Gasteiger charge is -2.32. The summed E-state index contributed by atoms with van der Waals surface area (Å²) in [4.78, 5) is 11.1. The zero-order valence-corrected chi connectivity index (χ0v) is 11.5. The van der Waals surface area contributed by atoms with E-state index in [1.165, 1.54) is 18.4 Å². The van der Waals surface area contributed by atoms with Gasteiger partial charge in [0, 0.05) is 31.2 Å². The van der Waals surface area contributed by atoms with E-state index in [4.69, 9.17) is 5.73 Å². The van der Waals surface area contributed by atoms with E-state index in [-0.39, 0.29) is 6.04 Å². The van der Waals surface area contributed by atoms with E-state index in [0.29, 0.717) is 12.6 Å². The molecule has 2 aromatic heterocycles. The molecule has 0 aromatic carbocycles. The normalized spacial score (nSPS) is 20.9. The van der Waals surface area contributed by atoms with E-state index in [0.717, 1.165) is 12.2 Å². The summed E-state index contributed by atoms with van der Waals surface area (Å²) in [5.41, 5.74) is 8.42. The number of nitrogens with two attached hydrogens (primary N) is 1. The molecule has 2 aromatic rings. The third kappa shape index (κ3) is 2.57. The van der Waals surface area contributed by atoms with Gasteiger partial charge in [0.05, 0.1) is 11.7 Å². The summed E-state index contributed by atoms with van der Waals surface area (Å²) >= 11 is 0. The van der Waals surface area contributed by atoms with Crippen LogP contribution in [0.2, 0.25) is 0 Å². The van der Waals surface area contributed by atoms with E-state index in [2.05, 4.69) is 33.1 Å². The monoisotopic (exact) mass is 268 g/mol. The van der Waals surface area contributed by atoms with Gasteiger partial charge in [-0.1, -0.05) is 6.07 Å². The molecule has 20 heavy (non-hydrogen) atoms. The first kappa shape index (κ1) is 13.2. The Labute approximate surface area is 119 Å². The van der Waals surface area contributed by atoms with Gasteiger partial charge < -0.3 is 5.73 Å². The molecule has 0 spiro atoms. The van der Waals surface area contributed by atoms with Crippen LogP contribution in [0.3, 0.4) is 0 Å². The van der Waals surface area contributed by atoms with Crippen LogP contribution in [0.25, 0.3) is 0 Å². The van der Waals surface area contributed by atoms with Gasteiger partial charge in [0.15, 0.2) is 0 Å². The van der Waals surface area contributed by atoms with Crippen molar-refractivity contribution in [1.29, 1.82) is 0 Å². The highest BCUT2D eigenvalue weighted by atomic mass is 15.2. The fourth-order valence-corrected chi connectivity index (χ4v) is 3.10. The van der Waals surface area contributed by atoms with E-state index in [1.807, 2.05) is 30.7 Å². The Balaban J connectivity index is 1.87. The molecular weight excluding hydrogens is 248 g/mol. The van der Waals surface area contributed by atoms with E-state index < -0.39 is 0 Å². The van der Waals surface area contributed by atoms with Gasteiger partial charge >= 0.3 is 0 Å². The largest absolute Gasteiger partial charge is 0.329 e. The summed E-state index contributed by atoms with van der Waals surface area (Å²) in [7, 11) is 0. The van der Waals surface area contributed by atoms with Crippen LogP contribution < -0.4 is 5.73 Å². The van der Waals surface area contributed by atoms with Crippen molar-refractivity contribution in [3.63, 3.8) is 0 Å². The Hall–Kier alpha value is -1.78. The van der Waals surface area contributed by atoms with Crippen LogP contribution >= 0.6 is 0 Å². The Kier molecular flexibility index (Phi) is 4.04. The van der Waals surface area contributed by atoms with Crippen molar-refractivity contribution < 1.29 is 0 Å². The molecule has 1 aliphatic heterocycles. The van der Waals surface area contributed by atoms with Crippen molar-refractivity contribution in [2.24, 2.45) is 5.73 Å². The first-order valence-corrected chi connectivity index (χ1v) is 7.17. The highest BCUT2D eigenvalue weighted by molar-refractivity contribution is 5.19. The molecule has 1 saturated heterocycles. The molecule has 4 nitrogen and oxygen atoms in total. The maximum Gasteiger partial charge on any atom is 0.0649 e. The minimum atomic E-state index is 0.192. The number of pyridine rings is 2. The van der Waals surface area contributed by atoms with Crippen molar-refractivity contribution in [1.82, 2.24) is 14.9 Å². The van der Waals surface area contributed by atoms with Crippen molar-refractivity contribution in [2.75, 3.05) is 13.1 Å². The predicted octanol–water partition coefficient (Wildman–Crippen LogP) is 2.31. The van der Waals surface area contributed by atoms with Crippen molar-refractivity contribution in [2.45, 2.75) is 24.9 Å². The molecule has 104 valence electrons. The van der Waals surface area contributed by atoms with Crippen molar-refractivity contribution in [3.05, 3.63) is 60.2 Å². The van der Waals surface area contributed by atoms with Crippen LogP contribution in [0, 0.1) is 0 Å². The number of hydrogen-bond acceptors (Lipinski definition) is 4. The van der Waals surface area contributed by atoms with Crippen LogP contribution in [0.5, 0.6) is 0 Å². The summed E-state index contributed by atoms with van der Waals surface area (Å²) in [6, 6.07) is 10.9. The molecule has 2 unspecified atom stereocenters. The molecule has 1 aliphatic rings. The van der Waals surface area contributed by atoms with Crippen LogP contribution in [-0.4, -0.2) is 28.0 Å². The highest BCUT2D eigenvalue weighted by Crippen LogP contribution is 2.37. The number of nitrogens with zero attached hydrogens (tertiary/aromatic N) is 3. The van der Waals surface area contributed by atoms with Crippen LogP contribution in [-0.2, 0) is 0 Å². The molecule has 0 saturated carbocycles. The quantitative estimate of drug-likeness (QED) is 0.924. The lowest BCUT2D eigenvalue weighted by atomic mass is 10.0. The van der Waals surface area contributed by atoms with Gasteiger partial charge in [-0.3, -0.25) is 14.9 Å². The molecular formula is C16H20N4. The third-order valence-electron chi connectivity index (χ3n) is 4.04. The summed E-state index contributed by atoms with van der Waals surface area (Å²) in [6.07, 6.45) is 7.95. The van der Waals surface area contributed by atoms with Gasteiger partial charge in [0.2, 0.25) is 0 Å². The fraction of sp³-hybridized carbons (Fsp3) is 0.375. The standard InChI is InChI=1S/C16H20N4/c17-12-16(14-4-1-2-8-19-14)20-11-3-5-15(20)13-6-9-18-10-7-13/h1-2,4,6-10,15-16H,3,5,11-12,17H2. The molecule has 0 aliphatic carbocycles. The number of hydrogen-bond donors (Lipinski definition) is 1.